The minimum absolute atomic E-state index is 0.0280. The number of ether oxygens (including phenoxy) is 1. The van der Waals surface area contributed by atoms with Gasteiger partial charge in [0.05, 0.1) is 41.5 Å². The minimum Gasteiger partial charge on any atom is -0.378 e. The second-order valence-electron chi connectivity index (χ2n) is 15.8. The molecule has 2 aromatic carbocycles. The Bertz CT molecular complexity index is 1980. The van der Waals surface area contributed by atoms with Gasteiger partial charge in [-0.3, -0.25) is 34.3 Å². The molecule has 12 nitrogen and oxygen atoms in total. The first-order valence-electron chi connectivity index (χ1n) is 19.5. The van der Waals surface area contributed by atoms with Gasteiger partial charge in [0.1, 0.15) is 11.6 Å². The smallest absolute Gasteiger partial charge is 0.378 e. The zero-order chi connectivity index (χ0) is 42.9. The third kappa shape index (κ3) is 9.88. The molecule has 1 aliphatic carbocycles. The van der Waals surface area contributed by atoms with Gasteiger partial charge in [-0.2, -0.15) is 31.6 Å². The third-order valence-corrected chi connectivity index (χ3v) is 11.9. The number of nitrogens with one attached hydrogen (secondary N) is 2. The molecule has 2 aromatic rings. The second-order valence-corrected chi connectivity index (χ2v) is 16.2. The van der Waals surface area contributed by atoms with Crippen LogP contribution in [0.4, 0.5) is 37.7 Å². The molecule has 318 valence electrons. The van der Waals surface area contributed by atoms with Crippen LogP contribution in [0.3, 0.4) is 0 Å². The molecular weight excluding hydrogens is 805 g/mol. The standard InChI is InChI=1S/C40H45F6N7O5S/c1-38(2)36(57)52(28-9-6-25(21-47)31(20-28)39(41,42)43)37(59)53(38)27-10-12-29(13-11-27)58-19-3-16-50-17-18-51(32(22-50)40(44,45)46)23-34(55)48-26-7-4-24(5-8-26)30-14-15-33(54)49-35(30)56/h4-9,20,27,29-30,32H,3,10-19,22-23H2,1-2H3,(H,48,55)(H,49,54,56)/t27-,29-,30?,32-/m1/s1. The number of carbonyl (C=O) groups excluding carboxylic acids is 4. The number of alkyl halides is 6. The number of rotatable bonds is 11. The summed E-state index contributed by atoms with van der Waals surface area (Å²) in [6.07, 6.45) is -6.03. The molecular formula is C40H45F6N7O5S. The van der Waals surface area contributed by atoms with E-state index in [0.717, 1.165) is 21.9 Å². The van der Waals surface area contributed by atoms with Crippen molar-refractivity contribution in [2.24, 2.45) is 0 Å². The molecule has 3 aliphatic heterocycles. The normalized spacial score (nSPS) is 24.6. The van der Waals surface area contributed by atoms with Crippen LogP contribution < -0.4 is 15.5 Å². The summed E-state index contributed by atoms with van der Waals surface area (Å²) >= 11 is 5.68. The van der Waals surface area contributed by atoms with Gasteiger partial charge in [-0.1, -0.05) is 12.1 Å². The van der Waals surface area contributed by atoms with Crippen LogP contribution in [0.1, 0.15) is 81.4 Å². The van der Waals surface area contributed by atoms with Crippen molar-refractivity contribution in [1.29, 1.82) is 5.26 Å². The number of hydrogen-bond donors (Lipinski definition) is 2. The van der Waals surface area contributed by atoms with Gasteiger partial charge >= 0.3 is 12.4 Å². The van der Waals surface area contributed by atoms with Crippen LogP contribution in [0.15, 0.2) is 42.5 Å². The van der Waals surface area contributed by atoms with E-state index in [4.69, 9.17) is 17.0 Å². The Morgan fingerprint density at radius 3 is 2.32 bits per heavy atom. The van der Waals surface area contributed by atoms with E-state index in [2.05, 4.69) is 10.6 Å². The highest BCUT2D eigenvalue weighted by Gasteiger charge is 2.53. The van der Waals surface area contributed by atoms with Gasteiger partial charge in [-0.15, -0.1) is 0 Å². The maximum absolute atomic E-state index is 14.2. The lowest BCUT2D eigenvalue weighted by Crippen LogP contribution is -2.60. The molecule has 2 N–H and O–H groups in total. The second kappa shape index (κ2) is 17.5. The first kappa shape index (κ1) is 43.9. The van der Waals surface area contributed by atoms with Crippen molar-refractivity contribution in [3.8, 4) is 6.07 Å². The summed E-state index contributed by atoms with van der Waals surface area (Å²) in [5, 5.41) is 14.2. The van der Waals surface area contributed by atoms with Crippen LogP contribution in [-0.4, -0.2) is 113 Å². The fourth-order valence-electron chi connectivity index (χ4n) is 8.44. The van der Waals surface area contributed by atoms with Gasteiger partial charge in [-0.05, 0) is 100 Å². The van der Waals surface area contributed by atoms with Gasteiger partial charge in [0.2, 0.25) is 17.7 Å². The molecule has 0 aromatic heterocycles. The first-order chi connectivity index (χ1) is 27.8. The number of carbonyl (C=O) groups is 4. The topological polar surface area (TPSA) is 138 Å². The molecule has 59 heavy (non-hydrogen) atoms. The van der Waals surface area contributed by atoms with Crippen molar-refractivity contribution in [2.75, 3.05) is 49.5 Å². The van der Waals surface area contributed by atoms with Gasteiger partial charge in [-0.25, -0.2) is 0 Å². The molecule has 1 unspecified atom stereocenters. The summed E-state index contributed by atoms with van der Waals surface area (Å²) in [5.74, 6) is -2.31. The van der Waals surface area contributed by atoms with E-state index in [1.54, 1.807) is 47.9 Å². The number of nitrogens with zero attached hydrogens (tertiary/aromatic N) is 5. The van der Waals surface area contributed by atoms with Crippen LogP contribution >= 0.6 is 12.2 Å². The average Bonchev–Trinajstić information content (AvgIpc) is 3.35. The van der Waals surface area contributed by atoms with E-state index in [0.29, 0.717) is 69.5 Å². The highest BCUT2D eigenvalue weighted by molar-refractivity contribution is 7.80. The van der Waals surface area contributed by atoms with E-state index in [1.807, 2.05) is 0 Å². The summed E-state index contributed by atoms with van der Waals surface area (Å²) in [6.45, 7) is 3.61. The molecule has 6 rings (SSSR count). The van der Waals surface area contributed by atoms with E-state index in [-0.39, 0.29) is 48.4 Å². The number of halogens is 6. The average molecular weight is 850 g/mol. The molecule has 1 saturated carbocycles. The summed E-state index contributed by atoms with van der Waals surface area (Å²) in [4.78, 5) is 55.7. The Morgan fingerprint density at radius 1 is 1.00 bits per heavy atom. The Hall–Kier alpha value is -4.64. The highest BCUT2D eigenvalue weighted by atomic mass is 32.1. The van der Waals surface area contributed by atoms with E-state index >= 15 is 0 Å². The molecule has 3 saturated heterocycles. The molecule has 0 spiro atoms. The van der Waals surface area contributed by atoms with Crippen LogP contribution in [0, 0.1) is 11.3 Å². The number of thiocarbonyl (C=S) groups is 1. The summed E-state index contributed by atoms with van der Waals surface area (Å²) in [5.41, 5.74) is -1.89. The minimum atomic E-state index is -4.81. The summed E-state index contributed by atoms with van der Waals surface area (Å²) < 4.78 is 89.9. The number of anilines is 2. The van der Waals surface area contributed by atoms with Gasteiger partial charge in [0.25, 0.3) is 5.91 Å². The molecule has 0 radical (unpaired) electrons. The molecule has 2 atom stereocenters. The number of piperidine rings is 1. The SMILES string of the molecule is CC1(C)C(=O)N(c2ccc(C#N)c(C(F)(F)F)c2)C(=S)N1[C@H]1CC[C@H](OCCCN2CCN(CC(=O)Nc3ccc(C4CCC(=O)NC4=O)cc3)[C@@H](C(F)(F)F)C2)CC1. The number of piperazine rings is 1. The van der Waals surface area contributed by atoms with Crippen molar-refractivity contribution in [3.05, 3.63) is 59.2 Å². The largest absolute Gasteiger partial charge is 0.417 e. The molecule has 4 fully saturated rings. The maximum Gasteiger partial charge on any atom is 0.417 e. The summed E-state index contributed by atoms with van der Waals surface area (Å²) in [6, 6.07) is 9.02. The number of nitriles is 1. The zero-order valence-corrected chi connectivity index (χ0v) is 33.3. The van der Waals surface area contributed by atoms with Crippen LogP contribution in [-0.2, 0) is 30.1 Å². The molecule has 19 heteroatoms. The Morgan fingerprint density at radius 2 is 1.69 bits per heavy atom. The zero-order valence-electron chi connectivity index (χ0n) is 32.5. The van der Waals surface area contributed by atoms with Crippen molar-refractivity contribution in [1.82, 2.24) is 20.0 Å². The van der Waals surface area contributed by atoms with E-state index < -0.39 is 65.2 Å². The van der Waals surface area contributed by atoms with Crippen LogP contribution in [0.2, 0.25) is 0 Å². The number of hydrogen-bond acceptors (Lipinski definition) is 9. The first-order valence-corrected chi connectivity index (χ1v) is 19.9. The lowest BCUT2D eigenvalue weighted by Gasteiger charge is -2.42. The predicted octanol–water partition coefficient (Wildman–Crippen LogP) is 5.71. The molecule has 3 heterocycles. The fraction of sp³-hybridized carbons (Fsp3) is 0.550. The lowest BCUT2D eigenvalue weighted by atomic mass is 9.89. The van der Waals surface area contributed by atoms with Crippen LogP contribution in [0.25, 0.3) is 0 Å². The summed E-state index contributed by atoms with van der Waals surface area (Å²) in [7, 11) is 0. The van der Waals surface area contributed by atoms with Crippen LogP contribution in [0.5, 0.6) is 0 Å². The molecule has 4 amide bonds. The monoisotopic (exact) mass is 849 g/mol. The number of amides is 4. The molecule has 4 aliphatic rings. The Balaban J connectivity index is 0.945. The van der Waals surface area contributed by atoms with Crippen molar-refractivity contribution < 1.29 is 50.3 Å². The van der Waals surface area contributed by atoms with Crippen molar-refractivity contribution in [3.63, 3.8) is 0 Å². The molecule has 0 bridgehead atoms. The third-order valence-electron chi connectivity index (χ3n) is 11.5. The van der Waals surface area contributed by atoms with Gasteiger partial charge in [0, 0.05) is 50.9 Å². The van der Waals surface area contributed by atoms with Gasteiger partial charge in [0.15, 0.2) is 5.11 Å². The highest BCUT2D eigenvalue weighted by Crippen LogP contribution is 2.41. The quantitative estimate of drug-likeness (QED) is 0.125. The maximum atomic E-state index is 14.2. The van der Waals surface area contributed by atoms with Crippen molar-refractivity contribution >= 4 is 52.3 Å². The Labute approximate surface area is 342 Å². The Kier molecular flexibility index (Phi) is 13.0. The van der Waals surface area contributed by atoms with E-state index in [1.165, 1.54) is 12.1 Å². The van der Waals surface area contributed by atoms with Gasteiger partial charge < -0.3 is 19.9 Å². The number of imide groups is 1. The van der Waals surface area contributed by atoms with Crippen molar-refractivity contribution in [2.45, 2.75) is 101 Å². The predicted molar refractivity (Wildman–Crippen MR) is 207 cm³/mol. The van der Waals surface area contributed by atoms with E-state index in [9.17, 15) is 50.8 Å². The number of benzene rings is 2. The fourth-order valence-corrected chi connectivity index (χ4v) is 9.00. The lowest BCUT2D eigenvalue weighted by molar-refractivity contribution is -0.197.